The first kappa shape index (κ1) is 118. The Morgan fingerprint density at radius 2 is 0.444 bits per heavy atom. The summed E-state index contributed by atoms with van der Waals surface area (Å²) in [6.45, 7) is 31.7. The van der Waals surface area contributed by atoms with Crippen LogP contribution in [-0.2, 0) is 172 Å². The van der Waals surface area contributed by atoms with E-state index in [2.05, 4.69) is 37.9 Å². The minimum Gasteiger partial charge on any atom is -0.456 e. The second-order valence-corrected chi connectivity index (χ2v) is 22.3. The number of hydrogen-bond acceptors (Lipinski definition) is 36. The topological polar surface area (TPSA) is 473 Å². The molecule has 36 nitrogen and oxygen atoms in total. The molecule has 0 radical (unpaired) electrons. The zero-order valence-corrected chi connectivity index (χ0v) is 69.1. The van der Waals surface area contributed by atoms with E-state index in [4.69, 9.17) is 47.4 Å². The van der Waals surface area contributed by atoms with Crippen molar-refractivity contribution in [2.45, 2.75) is 257 Å². The summed E-state index contributed by atoms with van der Waals surface area (Å²) in [5, 5.41) is 0. The molecule has 0 saturated carbocycles. The fraction of sp³-hybridized carbons (Fsp3) is 0.750. The number of ketones is 9. The van der Waals surface area contributed by atoms with Crippen molar-refractivity contribution in [2.24, 2.45) is 0 Å². The van der Waals surface area contributed by atoms with E-state index in [1.54, 1.807) is 48.5 Å². The number of hydrogen-bond donors (Lipinski definition) is 0. The molecule has 36 heteroatoms. The van der Waals surface area contributed by atoms with E-state index >= 15 is 0 Å². The maximum Gasteiger partial charge on any atom is 0.335 e. The minimum absolute atomic E-state index is 0.104. The number of rotatable bonds is 42. The lowest BCUT2D eigenvalue weighted by Crippen LogP contribution is -2.32. The monoisotopic (exact) mass is 1570 g/mol. The van der Waals surface area contributed by atoms with Crippen molar-refractivity contribution >= 4 is 106 Å². The van der Waals surface area contributed by atoms with Crippen LogP contribution in [0.5, 0.6) is 0 Å². The average molecular weight is 1570 g/mol. The predicted molar refractivity (Wildman–Crippen MR) is 384 cm³/mol. The lowest BCUT2D eigenvalue weighted by molar-refractivity contribution is -0.164. The third kappa shape index (κ3) is 73.4. The van der Waals surface area contributed by atoms with Gasteiger partial charge in [0.05, 0.1) is 0 Å². The highest BCUT2D eigenvalue weighted by Gasteiger charge is 2.26. The first-order chi connectivity index (χ1) is 50.1. The molecule has 630 valence electrons. The van der Waals surface area contributed by atoms with Gasteiger partial charge in [0.1, 0.15) is 39.6 Å². The van der Waals surface area contributed by atoms with Crippen LogP contribution in [-0.4, -0.2) is 283 Å². The van der Waals surface area contributed by atoms with Crippen molar-refractivity contribution in [3.05, 3.63) is 0 Å². The zero-order valence-electron chi connectivity index (χ0n) is 69.1. The van der Waals surface area contributed by atoms with Gasteiger partial charge in [-0.25, -0.2) is 43.2 Å². The second kappa shape index (κ2) is 75.7. The normalized spacial score (nSPS) is 13.2. The van der Waals surface area contributed by atoms with Gasteiger partial charge in [0.2, 0.25) is 0 Å². The molecule has 0 saturated heterocycles. The van der Waals surface area contributed by atoms with Gasteiger partial charge < -0.3 is 85.3 Å². The Balaban J connectivity index is -0.000000146. The molecule has 0 amide bonds. The van der Waals surface area contributed by atoms with Crippen LogP contribution in [0, 0.1) is 0 Å². The fourth-order valence-corrected chi connectivity index (χ4v) is 5.72. The zero-order chi connectivity index (χ0) is 86.5. The van der Waals surface area contributed by atoms with Gasteiger partial charge in [-0.1, -0.05) is 41.5 Å². The van der Waals surface area contributed by atoms with Crippen molar-refractivity contribution in [1.29, 1.82) is 0 Å². The van der Waals surface area contributed by atoms with Crippen molar-refractivity contribution in [3.8, 4) is 0 Å². The third-order valence-corrected chi connectivity index (χ3v) is 12.7. The van der Waals surface area contributed by atoms with E-state index in [0.29, 0.717) is 38.5 Å². The molecule has 0 aliphatic carbocycles. The van der Waals surface area contributed by atoms with Crippen LogP contribution in [0.15, 0.2) is 0 Å². The standard InChI is InChI=1S/C10H18O4.2C9H16O4.3C8H14O4.2C7H12O4.C6H10O4/c1-5-8(7(3)11)14-10(12)9(6-2)13-4;1-5-8(6(2)10)13-9(11)7(3)12-4;1-5-8(12-4)9(11)13-7(3)6(2)10;1-5(9)6(2)12-8(10)7(3)11-4;1-4-7(6(2)9)12-8(10)5-11-3;1-4-7(11-3)8(10)12-5-6(2)9;1-5(8)6(2)11-7(9)4-10-3;1-5(8)4-11-7(9)6(2)10-3;1-5(7)3-10-6(8)4-9-2/h8-9H,5-6H2,1-4H3;2*7-8H,5H2,1-4H3;6-7H,1-4H3;2*7H,4-5H2,1-3H3;2*6H,4H2,1-3H3;3-4H2,1-2H3. The van der Waals surface area contributed by atoms with Gasteiger partial charge in [-0.05, 0) is 142 Å². The van der Waals surface area contributed by atoms with E-state index in [9.17, 15) is 86.3 Å². The quantitative estimate of drug-likeness (QED) is 0.0580. The van der Waals surface area contributed by atoms with E-state index in [1.165, 1.54) is 140 Å². The van der Waals surface area contributed by atoms with Gasteiger partial charge in [0.15, 0.2) is 125 Å². The van der Waals surface area contributed by atoms with E-state index in [0.717, 1.165) is 0 Å². The minimum atomic E-state index is -0.685. The molecule has 108 heavy (non-hydrogen) atoms. The Kier molecular flexibility index (Phi) is 82.9. The van der Waals surface area contributed by atoms with Gasteiger partial charge in [-0.15, -0.1) is 0 Å². The predicted octanol–water partition coefficient (Wildman–Crippen LogP) is 4.89. The summed E-state index contributed by atoms with van der Waals surface area (Å²) in [6, 6.07) is 0. The molecule has 0 spiro atoms. The molecular formula is C72H126O36. The Bertz CT molecular complexity index is 2600. The van der Waals surface area contributed by atoms with Crippen LogP contribution in [0.25, 0.3) is 0 Å². The van der Waals surface area contributed by atoms with Crippen LogP contribution < -0.4 is 0 Å². The molecule has 12 unspecified atom stereocenters. The highest BCUT2D eigenvalue weighted by molar-refractivity contribution is 5.88. The summed E-state index contributed by atoms with van der Waals surface area (Å²) in [7, 11) is 12.7. The van der Waals surface area contributed by atoms with Gasteiger partial charge >= 0.3 is 53.7 Å². The summed E-state index contributed by atoms with van der Waals surface area (Å²) in [6.07, 6.45) is -4.31. The lowest BCUT2D eigenvalue weighted by Gasteiger charge is -2.17. The second-order valence-electron chi connectivity index (χ2n) is 22.3. The van der Waals surface area contributed by atoms with Crippen LogP contribution >= 0.6 is 0 Å². The summed E-state index contributed by atoms with van der Waals surface area (Å²) >= 11 is 0. The Morgan fingerprint density at radius 3 is 0.722 bits per heavy atom. The van der Waals surface area contributed by atoms with Gasteiger partial charge in [0.25, 0.3) is 0 Å². The Hall–Kier alpha value is -8.10. The van der Waals surface area contributed by atoms with Gasteiger partial charge in [-0.2, -0.15) is 0 Å². The number of Topliss-reactive ketones (excluding diaryl/α,β-unsaturated/α-hetero) is 9. The number of ether oxygens (including phenoxy) is 18. The average Bonchev–Trinajstić information content (AvgIpc) is 0.928. The van der Waals surface area contributed by atoms with Crippen LogP contribution in [0.4, 0.5) is 0 Å². The first-order valence-electron chi connectivity index (χ1n) is 34.0. The smallest absolute Gasteiger partial charge is 0.335 e. The van der Waals surface area contributed by atoms with Crippen LogP contribution in [0.1, 0.15) is 184 Å². The summed E-state index contributed by atoms with van der Waals surface area (Å²) < 4.78 is 84.7. The fourth-order valence-electron chi connectivity index (χ4n) is 5.72. The molecule has 0 aliphatic heterocycles. The summed E-state index contributed by atoms with van der Waals surface area (Å²) in [4.78, 5) is 194. The molecular weight excluding hydrogens is 1440 g/mol. The maximum absolute atomic E-state index is 11.4. The van der Waals surface area contributed by atoms with Crippen LogP contribution in [0.2, 0.25) is 0 Å². The summed E-state index contributed by atoms with van der Waals surface area (Å²) in [5.41, 5.74) is 0. The largest absolute Gasteiger partial charge is 0.456 e. The Morgan fingerprint density at radius 1 is 0.213 bits per heavy atom. The molecule has 0 bridgehead atoms. The van der Waals surface area contributed by atoms with E-state index < -0.39 is 127 Å². The molecule has 0 rings (SSSR count). The molecule has 0 aromatic carbocycles. The number of carbonyl (C=O) groups is 18. The molecule has 0 aromatic rings. The maximum atomic E-state index is 11.4. The third-order valence-electron chi connectivity index (χ3n) is 12.7. The van der Waals surface area contributed by atoms with Crippen molar-refractivity contribution in [2.75, 3.05) is 104 Å². The van der Waals surface area contributed by atoms with Gasteiger partial charge in [-0.3, -0.25) is 43.2 Å². The number of esters is 9. The Labute approximate surface area is 636 Å². The van der Waals surface area contributed by atoms with Crippen molar-refractivity contribution < 1.29 is 172 Å². The molecule has 0 heterocycles. The molecule has 0 aliphatic rings. The number of methoxy groups -OCH3 is 9. The van der Waals surface area contributed by atoms with E-state index in [-0.39, 0.29) is 91.7 Å². The molecule has 12 atom stereocenters. The summed E-state index contributed by atoms with van der Waals surface area (Å²) in [5.74, 6) is -5.92. The van der Waals surface area contributed by atoms with Gasteiger partial charge in [0, 0.05) is 64.0 Å². The number of carbonyl (C=O) groups excluding carboxylic acids is 18. The molecule has 0 fully saturated rings. The highest BCUT2D eigenvalue weighted by Crippen LogP contribution is 2.08. The van der Waals surface area contributed by atoms with Crippen molar-refractivity contribution in [3.63, 3.8) is 0 Å². The SMILES string of the molecule is CCC(OC(=O)C(C)OC)C(C)=O.CCC(OC(=O)C(CC)OC)C(C)=O.CCC(OC(=O)COC)C(C)=O.CCC(OC)C(=O)OC(C)C(C)=O.CCC(OC)C(=O)OCC(C)=O.COC(C)C(=O)OC(C)C(C)=O.COC(C)C(=O)OCC(C)=O.COCC(=O)OC(C)C(C)=O.COCC(=O)OCC(C)=O. The molecule has 0 aromatic heterocycles. The lowest BCUT2D eigenvalue weighted by atomic mass is 10.2. The molecule has 0 N–H and O–H groups in total. The highest BCUT2D eigenvalue weighted by atomic mass is 16.6. The van der Waals surface area contributed by atoms with Crippen molar-refractivity contribution in [1.82, 2.24) is 0 Å². The van der Waals surface area contributed by atoms with E-state index in [1.807, 2.05) is 20.8 Å². The first-order valence-corrected chi connectivity index (χ1v) is 34.0. The van der Waals surface area contributed by atoms with Crippen LogP contribution in [0.3, 0.4) is 0 Å².